The Hall–Kier alpha value is -1.09. The molecule has 0 fully saturated rings. The van der Waals surface area contributed by atoms with Crippen molar-refractivity contribution in [1.82, 2.24) is 0 Å². The molecule has 0 aromatic heterocycles. The molecule has 80 valence electrons. The first-order valence-corrected chi connectivity index (χ1v) is 5.48. The van der Waals surface area contributed by atoms with Crippen LogP contribution in [0.4, 0.5) is 0 Å². The van der Waals surface area contributed by atoms with E-state index in [1.165, 1.54) is 12.7 Å². The number of allylic oxidation sites excluding steroid dienone is 1. The van der Waals surface area contributed by atoms with Crippen molar-refractivity contribution in [1.29, 1.82) is 0 Å². The van der Waals surface area contributed by atoms with Gasteiger partial charge in [-0.15, -0.1) is 0 Å². The molecule has 0 spiro atoms. The van der Waals surface area contributed by atoms with E-state index in [9.17, 15) is 4.79 Å². The maximum Gasteiger partial charge on any atom is 0.309 e. The summed E-state index contributed by atoms with van der Waals surface area (Å²) < 4.78 is 5.60. The molecule has 0 bridgehead atoms. The van der Waals surface area contributed by atoms with Gasteiger partial charge in [0, 0.05) is 4.47 Å². The first-order chi connectivity index (χ1) is 7.22. The van der Waals surface area contributed by atoms with Crippen LogP contribution >= 0.6 is 15.9 Å². The van der Waals surface area contributed by atoms with E-state index in [2.05, 4.69) is 20.7 Å². The highest BCUT2D eigenvalue weighted by Gasteiger charge is 1.94. The lowest BCUT2D eigenvalue weighted by Crippen LogP contribution is -1.96. The highest BCUT2D eigenvalue weighted by Crippen LogP contribution is 2.11. The quantitative estimate of drug-likeness (QED) is 0.620. The second kappa shape index (κ2) is 6.40. The SMILES string of the molecule is COC(=O)C/C=C\Cc1ccc(Br)cc1. The zero-order valence-corrected chi connectivity index (χ0v) is 10.2. The van der Waals surface area contributed by atoms with Crippen molar-refractivity contribution in [3.8, 4) is 0 Å². The third-order valence-corrected chi connectivity index (χ3v) is 2.47. The van der Waals surface area contributed by atoms with Gasteiger partial charge in [0.1, 0.15) is 0 Å². The molecule has 0 radical (unpaired) electrons. The molecule has 0 aliphatic carbocycles. The monoisotopic (exact) mass is 268 g/mol. The van der Waals surface area contributed by atoms with Gasteiger partial charge in [0.2, 0.25) is 0 Å². The minimum absolute atomic E-state index is 0.206. The van der Waals surface area contributed by atoms with Crippen molar-refractivity contribution < 1.29 is 9.53 Å². The zero-order chi connectivity index (χ0) is 11.1. The van der Waals surface area contributed by atoms with Crippen molar-refractivity contribution in [2.75, 3.05) is 7.11 Å². The summed E-state index contributed by atoms with van der Waals surface area (Å²) in [5.74, 6) is -0.206. The molecule has 0 unspecified atom stereocenters. The average Bonchev–Trinajstić information content (AvgIpc) is 2.26. The van der Waals surface area contributed by atoms with Crippen molar-refractivity contribution in [2.24, 2.45) is 0 Å². The van der Waals surface area contributed by atoms with Gasteiger partial charge in [-0.05, 0) is 24.1 Å². The van der Waals surface area contributed by atoms with E-state index >= 15 is 0 Å². The Bertz CT molecular complexity index is 341. The van der Waals surface area contributed by atoms with Gasteiger partial charge in [-0.1, -0.05) is 40.2 Å². The summed E-state index contributed by atoms with van der Waals surface area (Å²) in [6.07, 6.45) is 4.98. The highest BCUT2D eigenvalue weighted by atomic mass is 79.9. The predicted molar refractivity (Wildman–Crippen MR) is 63.6 cm³/mol. The second-order valence-corrected chi connectivity index (χ2v) is 4.00. The van der Waals surface area contributed by atoms with Gasteiger partial charge in [-0.2, -0.15) is 0 Å². The van der Waals surface area contributed by atoms with E-state index in [-0.39, 0.29) is 5.97 Å². The van der Waals surface area contributed by atoms with Crippen LogP contribution in [0.1, 0.15) is 12.0 Å². The standard InChI is InChI=1S/C12H13BrO2/c1-15-12(14)5-3-2-4-10-6-8-11(13)9-7-10/h2-3,6-9H,4-5H2,1H3/b3-2-. The number of carbonyl (C=O) groups is 1. The third-order valence-electron chi connectivity index (χ3n) is 1.95. The number of benzene rings is 1. The number of carbonyl (C=O) groups excluding carboxylic acids is 1. The number of hydrogen-bond donors (Lipinski definition) is 0. The summed E-state index contributed by atoms with van der Waals surface area (Å²) in [5, 5.41) is 0. The lowest BCUT2D eigenvalue weighted by molar-refractivity contribution is -0.139. The third kappa shape index (κ3) is 4.79. The van der Waals surface area contributed by atoms with Gasteiger partial charge in [-0.25, -0.2) is 0 Å². The minimum atomic E-state index is -0.206. The number of rotatable bonds is 4. The highest BCUT2D eigenvalue weighted by molar-refractivity contribution is 9.10. The van der Waals surface area contributed by atoms with Crippen LogP contribution in [-0.4, -0.2) is 13.1 Å². The Labute approximate surface area is 98.1 Å². The summed E-state index contributed by atoms with van der Waals surface area (Å²) in [4.78, 5) is 10.8. The topological polar surface area (TPSA) is 26.3 Å². The van der Waals surface area contributed by atoms with E-state index in [4.69, 9.17) is 0 Å². The fourth-order valence-electron chi connectivity index (χ4n) is 1.10. The number of esters is 1. The van der Waals surface area contributed by atoms with E-state index in [1.807, 2.05) is 36.4 Å². The summed E-state index contributed by atoms with van der Waals surface area (Å²) in [7, 11) is 1.39. The van der Waals surface area contributed by atoms with Gasteiger partial charge >= 0.3 is 5.97 Å². The van der Waals surface area contributed by atoms with Crippen LogP contribution in [0.2, 0.25) is 0 Å². The molecular weight excluding hydrogens is 256 g/mol. The lowest BCUT2D eigenvalue weighted by atomic mass is 10.1. The van der Waals surface area contributed by atoms with Crippen molar-refractivity contribution in [3.63, 3.8) is 0 Å². The Morgan fingerprint density at radius 3 is 2.60 bits per heavy atom. The molecule has 3 heteroatoms. The normalized spacial score (nSPS) is 10.5. The molecule has 0 saturated heterocycles. The number of halogens is 1. The van der Waals surface area contributed by atoms with Crippen molar-refractivity contribution in [3.05, 3.63) is 46.5 Å². The van der Waals surface area contributed by atoms with Crippen LogP contribution in [0.25, 0.3) is 0 Å². The lowest BCUT2D eigenvalue weighted by Gasteiger charge is -1.96. The first kappa shape index (κ1) is 12.0. The van der Waals surface area contributed by atoms with Crippen molar-refractivity contribution >= 4 is 21.9 Å². The molecule has 0 aliphatic rings. The fraction of sp³-hybridized carbons (Fsp3) is 0.250. The molecule has 15 heavy (non-hydrogen) atoms. The Morgan fingerprint density at radius 2 is 2.00 bits per heavy atom. The predicted octanol–water partition coefficient (Wildman–Crippen LogP) is 3.11. The minimum Gasteiger partial charge on any atom is -0.469 e. The van der Waals surface area contributed by atoms with Crippen LogP contribution < -0.4 is 0 Å². The summed E-state index contributed by atoms with van der Waals surface area (Å²) in [6, 6.07) is 8.10. The van der Waals surface area contributed by atoms with E-state index < -0.39 is 0 Å². The summed E-state index contributed by atoms with van der Waals surface area (Å²) in [5.41, 5.74) is 1.22. The van der Waals surface area contributed by atoms with Crippen molar-refractivity contribution in [2.45, 2.75) is 12.8 Å². The summed E-state index contributed by atoms with van der Waals surface area (Å²) >= 11 is 3.38. The molecule has 0 saturated carbocycles. The largest absolute Gasteiger partial charge is 0.469 e. The molecule has 1 aromatic carbocycles. The van der Waals surface area contributed by atoms with Crippen LogP contribution in [0, 0.1) is 0 Å². The van der Waals surface area contributed by atoms with Gasteiger partial charge in [0.05, 0.1) is 13.5 Å². The van der Waals surface area contributed by atoms with Gasteiger partial charge < -0.3 is 4.74 Å². The van der Waals surface area contributed by atoms with Crippen LogP contribution in [-0.2, 0) is 16.0 Å². The maximum absolute atomic E-state index is 10.8. The molecule has 0 N–H and O–H groups in total. The Kier molecular flexibility index (Phi) is 5.12. The molecule has 2 nitrogen and oxygen atoms in total. The van der Waals surface area contributed by atoms with E-state index in [0.29, 0.717) is 6.42 Å². The number of methoxy groups -OCH3 is 1. The molecule has 1 rings (SSSR count). The fourth-order valence-corrected chi connectivity index (χ4v) is 1.37. The molecular formula is C12H13BrO2. The second-order valence-electron chi connectivity index (χ2n) is 3.08. The summed E-state index contributed by atoms with van der Waals surface area (Å²) in [6.45, 7) is 0. The van der Waals surface area contributed by atoms with Gasteiger partial charge in [-0.3, -0.25) is 4.79 Å². The molecule has 0 heterocycles. The smallest absolute Gasteiger partial charge is 0.309 e. The first-order valence-electron chi connectivity index (χ1n) is 4.68. The molecule has 0 atom stereocenters. The Balaban J connectivity index is 2.37. The van der Waals surface area contributed by atoms with E-state index in [1.54, 1.807) is 0 Å². The molecule has 0 amide bonds. The average molecular weight is 269 g/mol. The van der Waals surface area contributed by atoms with Crippen LogP contribution in [0.15, 0.2) is 40.9 Å². The van der Waals surface area contributed by atoms with Crippen LogP contribution in [0.3, 0.4) is 0 Å². The zero-order valence-electron chi connectivity index (χ0n) is 8.57. The van der Waals surface area contributed by atoms with Gasteiger partial charge in [0.25, 0.3) is 0 Å². The van der Waals surface area contributed by atoms with Gasteiger partial charge in [0.15, 0.2) is 0 Å². The molecule has 1 aromatic rings. The number of ether oxygens (including phenoxy) is 1. The maximum atomic E-state index is 10.8. The number of hydrogen-bond acceptors (Lipinski definition) is 2. The Morgan fingerprint density at radius 1 is 1.33 bits per heavy atom. The van der Waals surface area contributed by atoms with Crippen LogP contribution in [0.5, 0.6) is 0 Å². The molecule has 0 aliphatic heterocycles. The van der Waals surface area contributed by atoms with E-state index in [0.717, 1.165) is 10.9 Å².